The summed E-state index contributed by atoms with van der Waals surface area (Å²) < 4.78 is 11.6. The van der Waals surface area contributed by atoms with Gasteiger partial charge in [-0.05, 0) is 43.7 Å². The quantitative estimate of drug-likeness (QED) is 0.647. The van der Waals surface area contributed by atoms with Crippen LogP contribution in [-0.4, -0.2) is 11.1 Å². The Hall–Kier alpha value is -2.31. The summed E-state index contributed by atoms with van der Waals surface area (Å²) in [5.41, 5.74) is 2.72. The fourth-order valence-electron chi connectivity index (χ4n) is 2.45. The summed E-state index contributed by atoms with van der Waals surface area (Å²) in [6.45, 7) is 4.66. The number of rotatable bonds is 7. The Morgan fingerprint density at radius 3 is 2.62 bits per heavy atom. The zero-order chi connectivity index (χ0) is 18.5. The molecule has 0 spiro atoms. The molecule has 3 rings (SSSR count). The van der Waals surface area contributed by atoms with Gasteiger partial charge in [-0.15, -0.1) is 11.3 Å². The van der Waals surface area contributed by atoms with E-state index in [1.54, 1.807) is 0 Å². The number of aryl methyl sites for hydroxylation is 2. The second-order valence-electron chi connectivity index (χ2n) is 5.89. The standard InChI is InChI=1S/C19H19ClN2O3S/c1-12-17(13(2)25-22-12)11-24-15-5-3-14(4-6-15)9-19(23)21-10-16-7-8-18(20)26-16/h3-8H,9-11H2,1-2H3,(H,21,23). The molecular weight excluding hydrogens is 372 g/mol. The van der Waals surface area contributed by atoms with Crippen molar-refractivity contribution in [3.63, 3.8) is 0 Å². The van der Waals surface area contributed by atoms with E-state index in [1.165, 1.54) is 11.3 Å². The van der Waals surface area contributed by atoms with Crippen molar-refractivity contribution in [2.75, 3.05) is 0 Å². The second-order valence-corrected chi connectivity index (χ2v) is 7.69. The van der Waals surface area contributed by atoms with Gasteiger partial charge in [0, 0.05) is 4.88 Å². The Morgan fingerprint density at radius 1 is 1.23 bits per heavy atom. The summed E-state index contributed by atoms with van der Waals surface area (Å²) in [4.78, 5) is 13.1. The lowest BCUT2D eigenvalue weighted by Gasteiger charge is -2.07. The number of ether oxygens (including phenoxy) is 1. The maximum absolute atomic E-state index is 12.0. The van der Waals surface area contributed by atoms with Crippen LogP contribution in [0.15, 0.2) is 40.9 Å². The van der Waals surface area contributed by atoms with Crippen molar-refractivity contribution < 1.29 is 14.1 Å². The molecule has 0 aliphatic carbocycles. The zero-order valence-electron chi connectivity index (χ0n) is 14.5. The van der Waals surface area contributed by atoms with Crippen LogP contribution >= 0.6 is 22.9 Å². The molecule has 0 bridgehead atoms. The zero-order valence-corrected chi connectivity index (χ0v) is 16.1. The fourth-order valence-corrected chi connectivity index (χ4v) is 3.47. The number of carbonyl (C=O) groups excluding carboxylic acids is 1. The van der Waals surface area contributed by atoms with Gasteiger partial charge in [-0.2, -0.15) is 0 Å². The predicted octanol–water partition coefficient (Wildman–Crippen LogP) is 4.44. The molecule has 0 saturated heterocycles. The van der Waals surface area contributed by atoms with E-state index >= 15 is 0 Å². The van der Waals surface area contributed by atoms with E-state index in [-0.39, 0.29) is 5.91 Å². The minimum Gasteiger partial charge on any atom is -0.489 e. The van der Waals surface area contributed by atoms with Crippen molar-refractivity contribution in [3.8, 4) is 5.75 Å². The van der Waals surface area contributed by atoms with Gasteiger partial charge in [0.25, 0.3) is 0 Å². The molecule has 1 aromatic carbocycles. The molecule has 2 heterocycles. The number of amides is 1. The molecule has 0 radical (unpaired) electrons. The van der Waals surface area contributed by atoms with Gasteiger partial charge < -0.3 is 14.6 Å². The number of hydrogen-bond donors (Lipinski definition) is 1. The molecule has 26 heavy (non-hydrogen) atoms. The first kappa shape index (κ1) is 18.5. The van der Waals surface area contributed by atoms with Crippen LogP contribution in [-0.2, 0) is 24.4 Å². The van der Waals surface area contributed by atoms with Crippen molar-refractivity contribution in [2.24, 2.45) is 0 Å². The highest BCUT2D eigenvalue weighted by Gasteiger charge is 2.10. The predicted molar refractivity (Wildman–Crippen MR) is 102 cm³/mol. The van der Waals surface area contributed by atoms with Gasteiger partial charge in [-0.25, -0.2) is 0 Å². The topological polar surface area (TPSA) is 64.4 Å². The molecule has 3 aromatic rings. The summed E-state index contributed by atoms with van der Waals surface area (Å²) in [5, 5.41) is 6.81. The van der Waals surface area contributed by atoms with E-state index in [9.17, 15) is 4.79 Å². The number of carbonyl (C=O) groups is 1. The summed E-state index contributed by atoms with van der Waals surface area (Å²) in [6.07, 6.45) is 0.323. The fraction of sp³-hybridized carbons (Fsp3) is 0.263. The Labute approximate surface area is 160 Å². The van der Waals surface area contributed by atoms with Gasteiger partial charge in [0.2, 0.25) is 5.91 Å². The van der Waals surface area contributed by atoms with Gasteiger partial charge in [-0.1, -0.05) is 28.9 Å². The number of nitrogens with zero attached hydrogens (tertiary/aromatic N) is 1. The largest absolute Gasteiger partial charge is 0.489 e. The van der Waals surface area contributed by atoms with Crippen LogP contribution in [0.1, 0.15) is 27.5 Å². The van der Waals surface area contributed by atoms with Gasteiger partial charge in [-0.3, -0.25) is 4.79 Å². The lowest BCUT2D eigenvalue weighted by Crippen LogP contribution is -2.24. The normalized spacial score (nSPS) is 10.7. The van der Waals surface area contributed by atoms with Crippen molar-refractivity contribution in [1.29, 1.82) is 0 Å². The third kappa shape index (κ3) is 4.86. The van der Waals surface area contributed by atoms with Crippen LogP contribution in [0.5, 0.6) is 5.75 Å². The van der Waals surface area contributed by atoms with Crippen molar-refractivity contribution in [1.82, 2.24) is 10.5 Å². The van der Waals surface area contributed by atoms with E-state index in [4.69, 9.17) is 20.9 Å². The van der Waals surface area contributed by atoms with Gasteiger partial charge in [0.15, 0.2) is 0 Å². The molecule has 0 aliphatic heterocycles. The minimum atomic E-state index is -0.0288. The molecule has 1 N–H and O–H groups in total. The lowest BCUT2D eigenvalue weighted by atomic mass is 10.1. The summed E-state index contributed by atoms with van der Waals surface area (Å²) in [5.74, 6) is 1.48. The Bertz CT molecular complexity index is 867. The third-order valence-electron chi connectivity index (χ3n) is 3.94. The molecule has 1 amide bonds. The molecule has 0 unspecified atom stereocenters. The first-order chi connectivity index (χ1) is 12.5. The maximum Gasteiger partial charge on any atom is 0.224 e. The Balaban J connectivity index is 1.48. The van der Waals surface area contributed by atoms with Crippen molar-refractivity contribution in [2.45, 2.75) is 33.4 Å². The Kier molecular flexibility index (Phi) is 5.96. The van der Waals surface area contributed by atoms with Crippen molar-refractivity contribution >= 4 is 28.8 Å². The van der Waals surface area contributed by atoms with Crippen LogP contribution in [0.4, 0.5) is 0 Å². The van der Waals surface area contributed by atoms with Crippen molar-refractivity contribution in [3.05, 3.63) is 68.2 Å². The molecule has 0 saturated carbocycles. The first-order valence-corrected chi connectivity index (χ1v) is 9.35. The van der Waals surface area contributed by atoms with E-state index < -0.39 is 0 Å². The molecular formula is C19H19ClN2O3S. The monoisotopic (exact) mass is 390 g/mol. The van der Waals surface area contributed by atoms with Gasteiger partial charge in [0.1, 0.15) is 18.1 Å². The van der Waals surface area contributed by atoms with Crippen LogP contribution in [0.3, 0.4) is 0 Å². The smallest absolute Gasteiger partial charge is 0.224 e. The molecule has 2 aromatic heterocycles. The third-order valence-corrected chi connectivity index (χ3v) is 5.17. The highest BCUT2D eigenvalue weighted by molar-refractivity contribution is 7.16. The highest BCUT2D eigenvalue weighted by Crippen LogP contribution is 2.21. The molecule has 5 nitrogen and oxygen atoms in total. The van der Waals surface area contributed by atoms with E-state index in [0.29, 0.717) is 19.6 Å². The lowest BCUT2D eigenvalue weighted by molar-refractivity contribution is -0.120. The molecule has 7 heteroatoms. The number of benzene rings is 1. The van der Waals surface area contributed by atoms with Crippen LogP contribution < -0.4 is 10.1 Å². The average Bonchev–Trinajstić information content (AvgIpc) is 3.18. The van der Waals surface area contributed by atoms with E-state index in [1.807, 2.05) is 50.2 Å². The maximum atomic E-state index is 12.0. The molecule has 0 atom stereocenters. The number of nitrogens with one attached hydrogen (secondary N) is 1. The summed E-state index contributed by atoms with van der Waals surface area (Å²) in [6, 6.07) is 11.3. The second kappa shape index (κ2) is 8.38. The summed E-state index contributed by atoms with van der Waals surface area (Å²) in [7, 11) is 0. The molecule has 0 aliphatic rings. The van der Waals surface area contributed by atoms with Crippen LogP contribution in [0.25, 0.3) is 0 Å². The Morgan fingerprint density at radius 2 is 2.00 bits per heavy atom. The number of thiophene rings is 1. The van der Waals surface area contributed by atoms with Crippen LogP contribution in [0, 0.1) is 13.8 Å². The SMILES string of the molecule is Cc1noc(C)c1COc1ccc(CC(=O)NCc2ccc(Cl)s2)cc1. The number of aromatic nitrogens is 1. The van der Waals surface area contributed by atoms with Gasteiger partial charge in [0.05, 0.1) is 28.6 Å². The highest BCUT2D eigenvalue weighted by atomic mass is 35.5. The molecule has 0 fully saturated rings. The number of hydrogen-bond acceptors (Lipinski definition) is 5. The molecule has 136 valence electrons. The minimum absolute atomic E-state index is 0.0288. The van der Waals surface area contributed by atoms with E-state index in [2.05, 4.69) is 10.5 Å². The van der Waals surface area contributed by atoms with Gasteiger partial charge >= 0.3 is 0 Å². The first-order valence-electron chi connectivity index (χ1n) is 8.15. The number of halogens is 1. The van der Waals surface area contributed by atoms with Crippen LogP contribution in [0.2, 0.25) is 4.34 Å². The summed E-state index contributed by atoms with van der Waals surface area (Å²) >= 11 is 7.35. The van der Waals surface area contributed by atoms with E-state index in [0.717, 1.165) is 37.5 Å². The average molecular weight is 391 g/mol.